The van der Waals surface area contributed by atoms with Gasteiger partial charge in [0.05, 0.1) is 0 Å². The highest BCUT2D eigenvalue weighted by Gasteiger charge is 2.51. The fourth-order valence-electron chi connectivity index (χ4n) is 4.15. The fourth-order valence-corrected chi connectivity index (χ4v) is 4.15. The van der Waals surface area contributed by atoms with Gasteiger partial charge in [0.15, 0.2) is 0 Å². The van der Waals surface area contributed by atoms with Crippen molar-refractivity contribution in [3.63, 3.8) is 0 Å². The van der Waals surface area contributed by atoms with Crippen molar-refractivity contribution in [3.05, 3.63) is 70.8 Å². The molecular weight excluding hydrogens is 324 g/mol. The molecule has 0 aromatic heterocycles. The van der Waals surface area contributed by atoms with Crippen LogP contribution in [0.4, 0.5) is 4.79 Å². The second-order valence-corrected chi connectivity index (χ2v) is 7.69. The zero-order valence-electron chi connectivity index (χ0n) is 15.5. The Morgan fingerprint density at radius 1 is 0.923 bits per heavy atom. The molecule has 4 unspecified atom stereocenters. The molecule has 0 radical (unpaired) electrons. The normalized spacial score (nSPS) is 30.9. The lowest BCUT2D eigenvalue weighted by Crippen LogP contribution is -2.63. The molecule has 5 heteroatoms. The van der Waals surface area contributed by atoms with E-state index in [-0.39, 0.29) is 24.0 Å². The van der Waals surface area contributed by atoms with Crippen molar-refractivity contribution in [2.24, 2.45) is 5.92 Å². The van der Waals surface area contributed by atoms with Crippen LogP contribution in [0.5, 0.6) is 0 Å². The van der Waals surface area contributed by atoms with Crippen LogP contribution < -0.4 is 21.5 Å². The summed E-state index contributed by atoms with van der Waals surface area (Å²) >= 11 is 0. The van der Waals surface area contributed by atoms with Crippen LogP contribution in [0.15, 0.2) is 48.5 Å². The van der Waals surface area contributed by atoms with Gasteiger partial charge in [-0.2, -0.15) is 0 Å². The number of aryl methyl sites for hydroxylation is 2. The Bertz CT molecular complexity index is 802. The Kier molecular flexibility index (Phi) is 4.21. The van der Waals surface area contributed by atoms with Gasteiger partial charge in [0, 0.05) is 24.4 Å². The molecule has 26 heavy (non-hydrogen) atoms. The lowest BCUT2D eigenvalue weighted by Gasteiger charge is -2.48. The van der Waals surface area contributed by atoms with Gasteiger partial charge in [-0.25, -0.2) is 10.2 Å². The molecule has 2 aliphatic rings. The first-order chi connectivity index (χ1) is 12.5. The average molecular weight is 350 g/mol. The Morgan fingerprint density at radius 3 is 2.04 bits per heavy atom. The first-order valence-corrected chi connectivity index (χ1v) is 9.21. The Hall–Kier alpha value is -2.37. The van der Waals surface area contributed by atoms with Crippen LogP contribution in [0, 0.1) is 19.8 Å². The van der Waals surface area contributed by atoms with E-state index in [0.717, 1.165) is 6.42 Å². The lowest BCUT2D eigenvalue weighted by molar-refractivity contribution is 0.0878. The molecule has 2 heterocycles. The smallest absolute Gasteiger partial charge is 0.317 e. The minimum atomic E-state index is -0.479. The van der Waals surface area contributed by atoms with E-state index in [1.54, 1.807) is 0 Å². The van der Waals surface area contributed by atoms with E-state index in [4.69, 9.17) is 0 Å². The van der Waals surface area contributed by atoms with E-state index in [1.165, 1.54) is 22.3 Å². The molecule has 2 aromatic carbocycles. The maximum Gasteiger partial charge on any atom is 0.330 e. The molecule has 0 aliphatic carbocycles. The molecule has 2 aliphatic heterocycles. The van der Waals surface area contributed by atoms with E-state index < -0.39 is 5.66 Å². The molecule has 2 fully saturated rings. The maximum absolute atomic E-state index is 11.9. The first kappa shape index (κ1) is 17.1. The molecule has 1 spiro atoms. The quantitative estimate of drug-likeness (QED) is 0.672. The highest BCUT2D eigenvalue weighted by atomic mass is 16.2. The number of urea groups is 1. The first-order valence-electron chi connectivity index (χ1n) is 9.21. The van der Waals surface area contributed by atoms with Gasteiger partial charge in [-0.1, -0.05) is 66.6 Å². The van der Waals surface area contributed by atoms with Gasteiger partial charge < -0.3 is 10.6 Å². The topological polar surface area (TPSA) is 65.2 Å². The van der Waals surface area contributed by atoms with Gasteiger partial charge >= 0.3 is 6.03 Å². The highest BCUT2D eigenvalue weighted by molar-refractivity contribution is 5.76. The van der Waals surface area contributed by atoms with Gasteiger partial charge in [0.1, 0.15) is 5.66 Å². The van der Waals surface area contributed by atoms with Crippen LogP contribution >= 0.6 is 0 Å². The van der Waals surface area contributed by atoms with Crippen molar-refractivity contribution in [1.29, 1.82) is 0 Å². The second kappa shape index (κ2) is 6.41. The summed E-state index contributed by atoms with van der Waals surface area (Å²) in [4.78, 5) is 11.9. The van der Waals surface area contributed by atoms with Crippen LogP contribution in [0.25, 0.3) is 0 Å². The van der Waals surface area contributed by atoms with Crippen LogP contribution in [0.2, 0.25) is 0 Å². The molecule has 5 nitrogen and oxygen atoms in total. The molecule has 0 bridgehead atoms. The van der Waals surface area contributed by atoms with Gasteiger partial charge in [-0.3, -0.25) is 5.43 Å². The number of hydrogen-bond donors (Lipinski definition) is 4. The number of rotatable bonds is 2. The number of amides is 2. The predicted octanol–water partition coefficient (Wildman–Crippen LogP) is 3.23. The molecule has 0 saturated carbocycles. The van der Waals surface area contributed by atoms with Crippen LogP contribution in [0.3, 0.4) is 0 Å². The van der Waals surface area contributed by atoms with Crippen molar-refractivity contribution in [1.82, 2.24) is 21.5 Å². The summed E-state index contributed by atoms with van der Waals surface area (Å²) in [7, 11) is 0. The monoisotopic (exact) mass is 350 g/mol. The highest BCUT2D eigenvalue weighted by Crippen LogP contribution is 2.42. The van der Waals surface area contributed by atoms with Crippen molar-refractivity contribution in [3.8, 4) is 0 Å². The maximum atomic E-state index is 11.9. The third-order valence-electron chi connectivity index (χ3n) is 5.84. The molecule has 2 amide bonds. The minimum absolute atomic E-state index is 0.128. The molecule has 4 rings (SSSR count). The Morgan fingerprint density at radius 2 is 1.50 bits per heavy atom. The molecule has 136 valence electrons. The van der Waals surface area contributed by atoms with Gasteiger partial charge in [-0.15, -0.1) is 0 Å². The number of carbonyl (C=O) groups is 1. The minimum Gasteiger partial charge on any atom is -0.317 e. The van der Waals surface area contributed by atoms with Crippen LogP contribution in [-0.2, 0) is 0 Å². The second-order valence-electron chi connectivity index (χ2n) is 7.69. The summed E-state index contributed by atoms with van der Waals surface area (Å²) in [5.41, 5.74) is 10.5. The Balaban J connectivity index is 1.71. The van der Waals surface area contributed by atoms with E-state index in [2.05, 4.69) is 90.8 Å². The largest absolute Gasteiger partial charge is 0.330 e. The number of nitrogens with one attached hydrogen (secondary N) is 4. The molecule has 2 aromatic rings. The number of hydrogen-bond acceptors (Lipinski definition) is 3. The SMILES string of the molecule is Cc1ccc(C2CC3(NNC(=O)N3)C(C)C(c3ccc(C)cc3)N2)cc1. The number of piperidine rings is 1. The van der Waals surface area contributed by atoms with Gasteiger partial charge in [0.2, 0.25) is 0 Å². The number of hydrazine groups is 1. The summed E-state index contributed by atoms with van der Waals surface area (Å²) in [5.74, 6) is 0.172. The third kappa shape index (κ3) is 2.97. The summed E-state index contributed by atoms with van der Waals surface area (Å²) < 4.78 is 0. The summed E-state index contributed by atoms with van der Waals surface area (Å²) in [5, 5.41) is 6.96. The van der Waals surface area contributed by atoms with E-state index >= 15 is 0 Å². The number of carbonyl (C=O) groups excluding carboxylic acids is 1. The van der Waals surface area contributed by atoms with Crippen LogP contribution in [0.1, 0.15) is 47.7 Å². The summed E-state index contributed by atoms with van der Waals surface area (Å²) in [6.45, 7) is 6.38. The van der Waals surface area contributed by atoms with E-state index in [9.17, 15) is 4.79 Å². The van der Waals surface area contributed by atoms with E-state index in [1.807, 2.05) is 0 Å². The van der Waals surface area contributed by atoms with Crippen LogP contribution in [-0.4, -0.2) is 11.7 Å². The summed E-state index contributed by atoms with van der Waals surface area (Å²) in [6, 6.07) is 17.4. The van der Waals surface area contributed by atoms with E-state index in [0.29, 0.717) is 0 Å². The van der Waals surface area contributed by atoms with Crippen molar-refractivity contribution in [2.45, 2.75) is 44.9 Å². The standard InChI is InChI=1S/C21H26N4O/c1-13-4-8-16(9-5-13)18-12-21(23-20(26)24-25-21)15(3)19(22-18)17-10-6-14(2)7-11-17/h4-11,15,18-19,22,25H,12H2,1-3H3,(H2,23,24,26). The third-order valence-corrected chi connectivity index (χ3v) is 5.84. The predicted molar refractivity (Wildman–Crippen MR) is 102 cm³/mol. The molecule has 4 N–H and O–H groups in total. The van der Waals surface area contributed by atoms with Gasteiger partial charge in [0.25, 0.3) is 0 Å². The lowest BCUT2D eigenvalue weighted by atomic mass is 9.75. The molecule has 4 atom stereocenters. The van der Waals surface area contributed by atoms with Gasteiger partial charge in [-0.05, 0) is 25.0 Å². The molecular formula is C21H26N4O. The molecule has 2 saturated heterocycles. The van der Waals surface area contributed by atoms with Crippen molar-refractivity contribution >= 4 is 6.03 Å². The van der Waals surface area contributed by atoms with Crippen molar-refractivity contribution < 1.29 is 4.79 Å². The average Bonchev–Trinajstić information content (AvgIpc) is 3.00. The summed E-state index contributed by atoms with van der Waals surface area (Å²) in [6.07, 6.45) is 0.776. The van der Waals surface area contributed by atoms with Crippen molar-refractivity contribution in [2.75, 3.05) is 0 Å². The zero-order valence-corrected chi connectivity index (χ0v) is 15.5. The fraction of sp³-hybridized carbons (Fsp3) is 0.381. The Labute approximate surface area is 154 Å². The zero-order chi connectivity index (χ0) is 18.3. The number of benzene rings is 2.